The predicted molar refractivity (Wildman–Crippen MR) is 59.3 cm³/mol. The Kier molecular flexibility index (Phi) is 2.61. The molecule has 15 heavy (non-hydrogen) atoms. The first-order chi connectivity index (χ1) is 6.97. The van der Waals surface area contributed by atoms with Crippen molar-refractivity contribution in [3.05, 3.63) is 12.2 Å². The van der Waals surface area contributed by atoms with Gasteiger partial charge < -0.3 is 4.74 Å². The number of esters is 1. The Morgan fingerprint density at radius 3 is 2.20 bits per heavy atom. The maximum absolute atomic E-state index is 12.0. The van der Waals surface area contributed by atoms with Gasteiger partial charge in [-0.2, -0.15) is 0 Å². The Labute approximate surface area is 91.7 Å². The first kappa shape index (κ1) is 10.7. The van der Waals surface area contributed by atoms with E-state index < -0.39 is 0 Å². The average molecular weight is 208 g/mol. The van der Waals surface area contributed by atoms with Gasteiger partial charge in [-0.1, -0.05) is 18.6 Å². The molecule has 0 aromatic carbocycles. The molecule has 2 rings (SSSR count). The number of hydrogen-bond donors (Lipinski definition) is 0. The highest BCUT2D eigenvalue weighted by molar-refractivity contribution is 5.75. The van der Waals surface area contributed by atoms with Gasteiger partial charge in [-0.05, 0) is 45.4 Å². The van der Waals surface area contributed by atoms with Gasteiger partial charge in [0.15, 0.2) is 0 Å². The third-order valence-corrected chi connectivity index (χ3v) is 3.28. The van der Waals surface area contributed by atoms with Crippen LogP contribution < -0.4 is 0 Å². The molecule has 0 N–H and O–H groups in total. The van der Waals surface area contributed by atoms with Crippen LogP contribution in [0.3, 0.4) is 0 Å². The third-order valence-electron chi connectivity index (χ3n) is 3.28. The van der Waals surface area contributed by atoms with Gasteiger partial charge in [0.1, 0.15) is 5.60 Å². The molecule has 2 aliphatic rings. The van der Waals surface area contributed by atoms with Crippen molar-refractivity contribution in [2.45, 2.75) is 45.6 Å². The zero-order valence-corrected chi connectivity index (χ0v) is 9.82. The Balaban J connectivity index is 2.03. The van der Waals surface area contributed by atoms with Gasteiger partial charge in [0.05, 0.1) is 5.92 Å². The van der Waals surface area contributed by atoms with E-state index in [-0.39, 0.29) is 17.5 Å². The van der Waals surface area contributed by atoms with Gasteiger partial charge >= 0.3 is 5.97 Å². The summed E-state index contributed by atoms with van der Waals surface area (Å²) in [5.41, 5.74) is -0.353. The Morgan fingerprint density at radius 1 is 1.20 bits per heavy atom. The zero-order valence-electron chi connectivity index (χ0n) is 9.82. The van der Waals surface area contributed by atoms with Crippen LogP contribution in [0, 0.1) is 17.8 Å². The Bertz CT molecular complexity index is 271. The fourth-order valence-corrected chi connectivity index (χ4v) is 2.70. The summed E-state index contributed by atoms with van der Waals surface area (Å²) in [5, 5.41) is 0. The number of carbonyl (C=O) groups is 1. The zero-order chi connectivity index (χ0) is 11.1. The number of hydrogen-bond acceptors (Lipinski definition) is 2. The number of ether oxygens (including phenoxy) is 1. The molecule has 0 heterocycles. The molecular weight excluding hydrogens is 188 g/mol. The van der Waals surface area contributed by atoms with E-state index in [0.717, 1.165) is 12.8 Å². The van der Waals surface area contributed by atoms with Gasteiger partial charge in [0.2, 0.25) is 0 Å². The number of fused-ring (bicyclic) bond motifs is 2. The van der Waals surface area contributed by atoms with Crippen LogP contribution in [0.15, 0.2) is 12.2 Å². The van der Waals surface area contributed by atoms with Crippen LogP contribution in [-0.4, -0.2) is 11.6 Å². The van der Waals surface area contributed by atoms with Gasteiger partial charge in [0, 0.05) is 0 Å². The molecule has 0 spiro atoms. The van der Waals surface area contributed by atoms with E-state index in [9.17, 15) is 4.79 Å². The van der Waals surface area contributed by atoms with E-state index >= 15 is 0 Å². The minimum Gasteiger partial charge on any atom is -0.460 e. The first-order valence-electron chi connectivity index (χ1n) is 5.88. The van der Waals surface area contributed by atoms with Gasteiger partial charge in [-0.25, -0.2) is 0 Å². The molecule has 84 valence electrons. The Hall–Kier alpha value is -0.790. The summed E-state index contributed by atoms with van der Waals surface area (Å²) >= 11 is 0. The normalized spacial score (nSPS) is 34.2. The lowest BCUT2D eigenvalue weighted by Crippen LogP contribution is -2.35. The summed E-state index contributed by atoms with van der Waals surface area (Å²) in [6, 6.07) is 0. The second-order valence-electron chi connectivity index (χ2n) is 5.70. The fraction of sp³-hybridized carbons (Fsp3) is 0.769. The number of rotatable bonds is 1. The molecule has 0 aromatic heterocycles. The second-order valence-corrected chi connectivity index (χ2v) is 5.70. The maximum atomic E-state index is 12.0. The summed E-state index contributed by atoms with van der Waals surface area (Å²) in [6.45, 7) is 5.80. The van der Waals surface area contributed by atoms with E-state index in [4.69, 9.17) is 4.74 Å². The highest BCUT2D eigenvalue weighted by atomic mass is 16.6. The largest absolute Gasteiger partial charge is 0.460 e. The van der Waals surface area contributed by atoms with Crippen LogP contribution >= 0.6 is 0 Å². The SMILES string of the molecule is CC(C)(C)OC(=O)C1C2C=CC1CCC2. The van der Waals surface area contributed by atoms with E-state index in [1.807, 2.05) is 20.8 Å². The van der Waals surface area contributed by atoms with Crippen molar-refractivity contribution in [2.24, 2.45) is 17.8 Å². The lowest BCUT2D eigenvalue weighted by atomic mass is 9.77. The molecule has 0 aliphatic heterocycles. The van der Waals surface area contributed by atoms with E-state index in [0.29, 0.717) is 11.8 Å². The van der Waals surface area contributed by atoms with Crippen LogP contribution in [0.2, 0.25) is 0 Å². The minimum atomic E-state index is -0.353. The smallest absolute Gasteiger partial charge is 0.310 e. The molecule has 2 atom stereocenters. The van der Waals surface area contributed by atoms with Gasteiger partial charge in [-0.3, -0.25) is 4.79 Å². The van der Waals surface area contributed by atoms with Crippen molar-refractivity contribution in [3.8, 4) is 0 Å². The monoisotopic (exact) mass is 208 g/mol. The molecule has 1 saturated carbocycles. The summed E-state index contributed by atoms with van der Waals surface area (Å²) in [7, 11) is 0. The van der Waals surface area contributed by atoms with Crippen molar-refractivity contribution in [2.75, 3.05) is 0 Å². The van der Waals surface area contributed by atoms with Crippen molar-refractivity contribution in [1.82, 2.24) is 0 Å². The van der Waals surface area contributed by atoms with E-state index in [2.05, 4.69) is 12.2 Å². The standard InChI is InChI=1S/C13H20O2/c1-13(2,3)15-12(14)11-9-5-4-6-10(11)8-7-9/h7-11H,4-6H2,1-3H3. The van der Waals surface area contributed by atoms with E-state index in [1.54, 1.807) is 0 Å². The van der Waals surface area contributed by atoms with E-state index in [1.165, 1.54) is 6.42 Å². The molecular formula is C13H20O2. The fourth-order valence-electron chi connectivity index (χ4n) is 2.70. The first-order valence-corrected chi connectivity index (χ1v) is 5.88. The molecule has 1 fully saturated rings. The van der Waals surface area contributed by atoms with Crippen LogP contribution in [0.25, 0.3) is 0 Å². The van der Waals surface area contributed by atoms with Gasteiger partial charge in [-0.15, -0.1) is 0 Å². The lowest BCUT2D eigenvalue weighted by Gasteiger charge is -2.31. The maximum Gasteiger partial charge on any atom is 0.310 e. The molecule has 2 heteroatoms. The molecule has 2 bridgehead atoms. The van der Waals surface area contributed by atoms with Crippen LogP contribution in [-0.2, 0) is 9.53 Å². The summed E-state index contributed by atoms with van der Waals surface area (Å²) in [6.07, 6.45) is 7.98. The molecule has 2 aliphatic carbocycles. The quantitative estimate of drug-likeness (QED) is 0.489. The van der Waals surface area contributed by atoms with Crippen molar-refractivity contribution < 1.29 is 9.53 Å². The molecule has 2 unspecified atom stereocenters. The highest BCUT2D eigenvalue weighted by Crippen LogP contribution is 2.42. The summed E-state index contributed by atoms with van der Waals surface area (Å²) in [4.78, 5) is 12.0. The van der Waals surface area contributed by atoms with Crippen LogP contribution in [0.4, 0.5) is 0 Å². The number of allylic oxidation sites excluding steroid dienone is 2. The molecule has 0 radical (unpaired) electrons. The third kappa shape index (κ3) is 2.24. The predicted octanol–water partition coefficient (Wildman–Crippen LogP) is 2.93. The summed E-state index contributed by atoms with van der Waals surface area (Å²) < 4.78 is 5.48. The molecule has 2 nitrogen and oxygen atoms in total. The van der Waals surface area contributed by atoms with Crippen molar-refractivity contribution >= 4 is 5.97 Å². The highest BCUT2D eigenvalue weighted by Gasteiger charge is 2.41. The Morgan fingerprint density at radius 2 is 1.73 bits per heavy atom. The van der Waals surface area contributed by atoms with Crippen LogP contribution in [0.5, 0.6) is 0 Å². The second kappa shape index (κ2) is 3.66. The van der Waals surface area contributed by atoms with Crippen LogP contribution in [0.1, 0.15) is 40.0 Å². The molecule has 0 saturated heterocycles. The molecule has 0 aromatic rings. The number of carbonyl (C=O) groups excluding carboxylic acids is 1. The topological polar surface area (TPSA) is 26.3 Å². The van der Waals surface area contributed by atoms with Crippen molar-refractivity contribution in [1.29, 1.82) is 0 Å². The minimum absolute atomic E-state index is 0.00204. The lowest BCUT2D eigenvalue weighted by molar-refractivity contribution is -0.163. The summed E-state index contributed by atoms with van der Waals surface area (Å²) in [5.74, 6) is 0.998. The van der Waals surface area contributed by atoms with Gasteiger partial charge in [0.25, 0.3) is 0 Å². The van der Waals surface area contributed by atoms with Crippen molar-refractivity contribution in [3.63, 3.8) is 0 Å². The average Bonchev–Trinajstić information content (AvgIpc) is 2.34. The molecule has 0 amide bonds.